The van der Waals surface area contributed by atoms with Crippen molar-refractivity contribution >= 4 is 22.8 Å². The molecule has 3 aromatic carbocycles. The molecule has 1 heterocycles. The summed E-state index contributed by atoms with van der Waals surface area (Å²) in [6, 6.07) is 17.2. The average Bonchev–Trinajstić information content (AvgIpc) is 3.29. The smallest absolute Gasteiger partial charge is 0.247 e. The Labute approximate surface area is 206 Å². The van der Waals surface area contributed by atoms with Crippen LogP contribution in [-0.4, -0.2) is 52.0 Å². The minimum absolute atomic E-state index is 0.0336. The number of hydrogen-bond acceptors (Lipinski definition) is 5. The second-order valence-electron chi connectivity index (χ2n) is 8.09. The van der Waals surface area contributed by atoms with Crippen LogP contribution in [0.15, 0.2) is 72.8 Å². The van der Waals surface area contributed by atoms with Crippen molar-refractivity contribution in [2.75, 3.05) is 20.3 Å². The van der Waals surface area contributed by atoms with Gasteiger partial charge in [-0.25, -0.2) is 13.5 Å². The van der Waals surface area contributed by atoms with Crippen LogP contribution in [0.2, 0.25) is 0 Å². The van der Waals surface area contributed by atoms with Gasteiger partial charge in [0.05, 0.1) is 12.1 Å². The van der Waals surface area contributed by atoms with Gasteiger partial charge in [0.2, 0.25) is 11.8 Å². The fourth-order valence-electron chi connectivity index (χ4n) is 3.88. The van der Waals surface area contributed by atoms with Gasteiger partial charge in [-0.3, -0.25) is 9.59 Å². The van der Waals surface area contributed by atoms with Crippen molar-refractivity contribution in [1.82, 2.24) is 25.2 Å². The topological polar surface area (TPSA) is 89.4 Å². The maximum Gasteiger partial charge on any atom is 0.247 e. The molecule has 10 heteroatoms. The molecule has 0 fully saturated rings. The van der Waals surface area contributed by atoms with E-state index in [0.717, 1.165) is 0 Å². The van der Waals surface area contributed by atoms with Gasteiger partial charge in [-0.2, -0.15) is 0 Å². The molecule has 1 atom stereocenters. The van der Waals surface area contributed by atoms with Crippen molar-refractivity contribution in [1.29, 1.82) is 0 Å². The van der Waals surface area contributed by atoms with Crippen molar-refractivity contribution in [3.8, 4) is 0 Å². The third kappa shape index (κ3) is 5.72. The molecule has 0 radical (unpaired) electrons. The minimum atomic E-state index is -1.30. The van der Waals surface area contributed by atoms with Crippen LogP contribution in [0.5, 0.6) is 0 Å². The van der Waals surface area contributed by atoms with E-state index in [9.17, 15) is 18.4 Å². The second kappa shape index (κ2) is 11.5. The number of benzene rings is 3. The van der Waals surface area contributed by atoms with Crippen molar-refractivity contribution in [3.63, 3.8) is 0 Å². The van der Waals surface area contributed by atoms with Gasteiger partial charge in [0.1, 0.15) is 29.7 Å². The fraction of sp³-hybridized carbons (Fsp3) is 0.231. The molecular formula is C26H25F2N5O3. The molecule has 1 unspecified atom stereocenters. The maximum absolute atomic E-state index is 15.0. The summed E-state index contributed by atoms with van der Waals surface area (Å²) >= 11 is 0. The molecule has 186 valence electrons. The zero-order valence-electron chi connectivity index (χ0n) is 19.6. The maximum atomic E-state index is 15.0. The lowest BCUT2D eigenvalue weighted by Gasteiger charge is -2.32. The molecule has 0 aliphatic rings. The second-order valence-corrected chi connectivity index (χ2v) is 8.09. The Morgan fingerprint density at radius 1 is 1.03 bits per heavy atom. The molecule has 36 heavy (non-hydrogen) atoms. The first-order chi connectivity index (χ1) is 17.5. The summed E-state index contributed by atoms with van der Waals surface area (Å²) in [7, 11) is 1.49. The highest BCUT2D eigenvalue weighted by Gasteiger charge is 2.33. The standard InChI is InChI=1S/C26H25F2N5O3/c1-36-15-14-29-26(35)25(20-6-2-3-7-21(20)28)32(16-18-10-12-19(27)13-11-18)24(34)17-33-23-9-5-4-8-22(23)30-31-33/h2-13,25H,14-17H2,1H3,(H,29,35). The van der Waals surface area contributed by atoms with E-state index in [0.29, 0.717) is 16.6 Å². The molecule has 4 rings (SSSR count). The summed E-state index contributed by atoms with van der Waals surface area (Å²) in [5.41, 5.74) is 1.85. The molecule has 1 N–H and O–H groups in total. The van der Waals surface area contributed by atoms with Crippen molar-refractivity contribution in [3.05, 3.63) is 95.6 Å². The van der Waals surface area contributed by atoms with Crippen LogP contribution in [0.4, 0.5) is 8.78 Å². The van der Waals surface area contributed by atoms with E-state index in [2.05, 4.69) is 15.6 Å². The molecule has 1 aromatic heterocycles. The Morgan fingerprint density at radius 3 is 2.50 bits per heavy atom. The first kappa shape index (κ1) is 24.9. The Bertz CT molecular complexity index is 1340. The van der Waals surface area contributed by atoms with E-state index in [1.54, 1.807) is 24.3 Å². The Balaban J connectivity index is 1.74. The molecule has 0 bridgehead atoms. The average molecular weight is 494 g/mol. The first-order valence-corrected chi connectivity index (χ1v) is 11.3. The van der Waals surface area contributed by atoms with Gasteiger partial charge in [0.25, 0.3) is 0 Å². The van der Waals surface area contributed by atoms with Gasteiger partial charge in [-0.1, -0.05) is 47.7 Å². The lowest BCUT2D eigenvalue weighted by Crippen LogP contribution is -2.45. The fourth-order valence-corrected chi connectivity index (χ4v) is 3.88. The first-order valence-electron chi connectivity index (χ1n) is 11.3. The number of aromatic nitrogens is 3. The highest BCUT2D eigenvalue weighted by molar-refractivity contribution is 5.89. The molecule has 0 saturated heterocycles. The van der Waals surface area contributed by atoms with Gasteiger partial charge < -0.3 is 15.0 Å². The van der Waals surface area contributed by atoms with Gasteiger partial charge in [0, 0.05) is 25.8 Å². The van der Waals surface area contributed by atoms with Crippen LogP contribution in [0.1, 0.15) is 17.2 Å². The third-order valence-corrected chi connectivity index (χ3v) is 5.66. The highest BCUT2D eigenvalue weighted by atomic mass is 19.1. The number of nitrogens with zero attached hydrogens (tertiary/aromatic N) is 4. The van der Waals surface area contributed by atoms with E-state index < -0.39 is 29.5 Å². The van der Waals surface area contributed by atoms with E-state index in [-0.39, 0.29) is 31.8 Å². The van der Waals surface area contributed by atoms with Gasteiger partial charge in [0.15, 0.2) is 0 Å². The molecule has 4 aromatic rings. The lowest BCUT2D eigenvalue weighted by atomic mass is 10.0. The summed E-state index contributed by atoms with van der Waals surface area (Å²) in [5, 5.41) is 10.9. The Hall–Kier alpha value is -4.18. The van der Waals surface area contributed by atoms with Crippen LogP contribution in [0, 0.1) is 11.6 Å². The number of halogens is 2. The van der Waals surface area contributed by atoms with E-state index in [4.69, 9.17) is 4.74 Å². The molecular weight excluding hydrogens is 468 g/mol. The molecule has 0 aliphatic heterocycles. The van der Waals surface area contributed by atoms with Gasteiger partial charge in [-0.15, -0.1) is 5.10 Å². The predicted octanol–water partition coefficient (Wildman–Crippen LogP) is 3.24. The van der Waals surface area contributed by atoms with Crippen LogP contribution in [-0.2, 0) is 27.4 Å². The van der Waals surface area contributed by atoms with Crippen molar-refractivity contribution < 1.29 is 23.1 Å². The Kier molecular flexibility index (Phi) is 7.96. The SMILES string of the molecule is COCCNC(=O)C(c1ccccc1F)N(Cc1ccc(F)cc1)C(=O)Cn1nnc2ccccc21. The van der Waals surface area contributed by atoms with E-state index >= 15 is 0 Å². The number of carbonyl (C=O) groups excluding carboxylic acids is 2. The largest absolute Gasteiger partial charge is 0.383 e. The van der Waals surface area contributed by atoms with Crippen molar-refractivity contribution in [2.24, 2.45) is 0 Å². The number of para-hydroxylation sites is 1. The number of hydrogen-bond donors (Lipinski definition) is 1. The number of ether oxygens (including phenoxy) is 1. The highest BCUT2D eigenvalue weighted by Crippen LogP contribution is 2.27. The van der Waals surface area contributed by atoms with E-state index in [1.165, 1.54) is 59.2 Å². The molecule has 2 amide bonds. The summed E-state index contributed by atoms with van der Waals surface area (Å²) in [6.45, 7) is 0.111. The number of rotatable bonds is 10. The van der Waals surface area contributed by atoms with Crippen LogP contribution in [0.3, 0.4) is 0 Å². The van der Waals surface area contributed by atoms with Crippen molar-refractivity contribution in [2.45, 2.75) is 19.1 Å². The summed E-state index contributed by atoms with van der Waals surface area (Å²) in [6.07, 6.45) is 0. The number of amides is 2. The van der Waals surface area contributed by atoms with Crippen LogP contribution in [0.25, 0.3) is 11.0 Å². The quantitative estimate of drug-likeness (QED) is 0.343. The van der Waals surface area contributed by atoms with Gasteiger partial charge >= 0.3 is 0 Å². The molecule has 0 spiro atoms. The number of methoxy groups -OCH3 is 1. The summed E-state index contributed by atoms with van der Waals surface area (Å²) in [5.74, 6) is -2.14. The number of carbonyl (C=O) groups is 2. The lowest BCUT2D eigenvalue weighted by molar-refractivity contribution is -0.142. The monoisotopic (exact) mass is 493 g/mol. The predicted molar refractivity (Wildman–Crippen MR) is 129 cm³/mol. The minimum Gasteiger partial charge on any atom is -0.383 e. The summed E-state index contributed by atoms with van der Waals surface area (Å²) < 4.78 is 34.9. The molecule has 0 aliphatic carbocycles. The third-order valence-electron chi connectivity index (χ3n) is 5.66. The summed E-state index contributed by atoms with van der Waals surface area (Å²) in [4.78, 5) is 28.3. The zero-order valence-corrected chi connectivity index (χ0v) is 19.6. The number of fused-ring (bicyclic) bond motifs is 1. The zero-order chi connectivity index (χ0) is 25.5. The Morgan fingerprint density at radius 2 is 1.75 bits per heavy atom. The van der Waals surface area contributed by atoms with E-state index in [1.807, 2.05) is 6.07 Å². The molecule has 0 saturated carbocycles. The normalized spacial score (nSPS) is 11.9. The van der Waals surface area contributed by atoms with Crippen LogP contribution >= 0.6 is 0 Å². The molecule has 8 nitrogen and oxygen atoms in total. The van der Waals surface area contributed by atoms with Crippen LogP contribution < -0.4 is 5.32 Å². The number of nitrogens with one attached hydrogen (secondary N) is 1. The van der Waals surface area contributed by atoms with Gasteiger partial charge in [-0.05, 0) is 35.9 Å².